The molecule has 0 N–H and O–H groups in total. The normalized spacial score (nSPS) is 7.57. The third-order valence-electron chi connectivity index (χ3n) is 0.427. The molecule has 0 saturated carbocycles. The van der Waals surface area contributed by atoms with E-state index in [1.165, 1.54) is 7.11 Å². The number of carbonyl (C=O) groups is 1. The molecule has 0 aromatic rings. The molecule has 0 rings (SSSR count). The van der Waals surface area contributed by atoms with Crippen molar-refractivity contribution in [2.45, 2.75) is 0 Å². The summed E-state index contributed by atoms with van der Waals surface area (Å²) >= 11 is 0. The van der Waals surface area contributed by atoms with Gasteiger partial charge in [-0.3, -0.25) is 4.79 Å². The molecule has 4 nitrogen and oxygen atoms in total. The van der Waals surface area contributed by atoms with Gasteiger partial charge in [-0.2, -0.15) is 0 Å². The fourth-order valence-corrected chi connectivity index (χ4v) is 0.122. The van der Waals surface area contributed by atoms with Crippen molar-refractivity contribution in [2.75, 3.05) is 13.7 Å². The standard InChI is InChI=1S/C3H5N2O2/c1-7-3(6)2-5-4/h2H2,1H3/q-1. The molecule has 0 atom stereocenters. The summed E-state index contributed by atoms with van der Waals surface area (Å²) in [4.78, 5) is 9.94. The van der Waals surface area contributed by atoms with E-state index < -0.39 is 5.97 Å². The predicted octanol–water partition coefficient (Wildman–Crippen LogP) is 0.181. The Bertz CT molecular complexity index is 81.0. The zero-order valence-electron chi connectivity index (χ0n) is 3.92. The van der Waals surface area contributed by atoms with Crippen LogP contribution >= 0.6 is 0 Å². The van der Waals surface area contributed by atoms with Gasteiger partial charge in [-0.15, -0.1) is 0 Å². The van der Waals surface area contributed by atoms with E-state index in [0.717, 1.165) is 0 Å². The monoisotopic (exact) mass is 101 g/mol. The van der Waals surface area contributed by atoms with Gasteiger partial charge >= 0.3 is 5.97 Å². The van der Waals surface area contributed by atoms with E-state index in [4.69, 9.17) is 5.53 Å². The second-order valence-electron chi connectivity index (χ2n) is 0.876. The highest BCUT2D eigenvalue weighted by Gasteiger charge is 1.89. The first-order chi connectivity index (χ1) is 3.31. The fourth-order valence-electron chi connectivity index (χ4n) is 0.122. The molecular weight excluding hydrogens is 96.0 g/mol. The third-order valence-corrected chi connectivity index (χ3v) is 0.427. The molecule has 0 aliphatic rings. The van der Waals surface area contributed by atoms with Gasteiger partial charge in [0, 0.05) is 0 Å². The number of carbonyl (C=O) groups excluding carboxylic acids is 1. The Balaban J connectivity index is 3.17. The average molecular weight is 101 g/mol. The average Bonchev–Trinajstić information content (AvgIpc) is 1.68. The Kier molecular flexibility index (Phi) is 2.83. The molecule has 0 bridgehead atoms. The van der Waals surface area contributed by atoms with E-state index >= 15 is 0 Å². The molecule has 0 saturated heterocycles. The maximum atomic E-state index is 9.94. The number of hydrogen-bond acceptors (Lipinski definition) is 3. The van der Waals surface area contributed by atoms with Gasteiger partial charge in [0.2, 0.25) is 0 Å². The smallest absolute Gasteiger partial charge is 0.325 e. The van der Waals surface area contributed by atoms with Crippen LogP contribution in [-0.4, -0.2) is 19.6 Å². The largest absolute Gasteiger partial charge is 0.711 e. The van der Waals surface area contributed by atoms with Crippen LogP contribution in [0.4, 0.5) is 0 Å². The van der Waals surface area contributed by atoms with E-state index in [9.17, 15) is 4.79 Å². The molecule has 0 spiro atoms. The third kappa shape index (κ3) is 2.88. The minimum atomic E-state index is -0.539. The van der Waals surface area contributed by atoms with Crippen LogP contribution in [0.3, 0.4) is 0 Å². The molecule has 0 fully saturated rings. The maximum absolute atomic E-state index is 9.94. The van der Waals surface area contributed by atoms with Gasteiger partial charge in [0.1, 0.15) is 6.54 Å². The van der Waals surface area contributed by atoms with Gasteiger partial charge in [-0.1, -0.05) is 0 Å². The van der Waals surface area contributed by atoms with Gasteiger partial charge in [0.25, 0.3) is 0 Å². The summed E-state index contributed by atoms with van der Waals surface area (Å²) in [6, 6.07) is 0. The maximum Gasteiger partial charge on any atom is 0.325 e. The molecule has 40 valence electrons. The Morgan fingerprint density at radius 2 is 2.57 bits per heavy atom. The Morgan fingerprint density at radius 3 is 2.71 bits per heavy atom. The number of hydrogen-bond donors (Lipinski definition) is 0. The van der Waals surface area contributed by atoms with Gasteiger partial charge in [0.15, 0.2) is 0 Å². The lowest BCUT2D eigenvalue weighted by atomic mass is 10.7. The van der Waals surface area contributed by atoms with E-state index in [0.29, 0.717) is 0 Å². The van der Waals surface area contributed by atoms with Crippen molar-refractivity contribution in [3.63, 3.8) is 0 Å². The summed E-state index contributed by atoms with van der Waals surface area (Å²) in [5, 5.41) is 2.53. The summed E-state index contributed by atoms with van der Waals surface area (Å²) in [6.07, 6.45) is 0. The Labute approximate surface area is 41.0 Å². The fraction of sp³-hybridized carbons (Fsp3) is 0.667. The van der Waals surface area contributed by atoms with Crippen molar-refractivity contribution >= 4 is 5.97 Å². The summed E-state index contributed by atoms with van der Waals surface area (Å²) < 4.78 is 4.10. The first-order valence-electron chi connectivity index (χ1n) is 1.69. The van der Waals surface area contributed by atoms with Gasteiger partial charge in [0.05, 0.1) is 7.11 Å². The lowest BCUT2D eigenvalue weighted by Crippen LogP contribution is -2.02. The Morgan fingerprint density at radius 1 is 2.00 bits per heavy atom. The highest BCUT2D eigenvalue weighted by atomic mass is 16.5. The number of methoxy groups -OCH3 is 1. The minimum absolute atomic E-state index is 0.281. The van der Waals surface area contributed by atoms with Gasteiger partial charge in [-0.25, -0.2) is 0 Å². The van der Waals surface area contributed by atoms with Crippen LogP contribution in [-0.2, 0) is 9.53 Å². The SMILES string of the molecule is COC(=O)CN=[N-]. The van der Waals surface area contributed by atoms with E-state index in [-0.39, 0.29) is 6.54 Å². The summed E-state index contributed by atoms with van der Waals surface area (Å²) in [5.41, 5.74) is 7.69. The molecule has 4 heteroatoms. The van der Waals surface area contributed by atoms with Crippen LogP contribution < -0.4 is 0 Å². The summed E-state index contributed by atoms with van der Waals surface area (Å²) in [7, 11) is 1.23. The first-order valence-corrected chi connectivity index (χ1v) is 1.69. The second-order valence-corrected chi connectivity index (χ2v) is 0.876. The second kappa shape index (κ2) is 3.27. The highest BCUT2D eigenvalue weighted by Crippen LogP contribution is 1.72. The topological polar surface area (TPSA) is 61.0 Å². The molecule has 0 aromatic carbocycles. The zero-order valence-corrected chi connectivity index (χ0v) is 3.92. The molecule has 0 radical (unpaired) electrons. The van der Waals surface area contributed by atoms with Crippen molar-refractivity contribution < 1.29 is 9.53 Å². The molecule has 0 unspecified atom stereocenters. The highest BCUT2D eigenvalue weighted by molar-refractivity contribution is 5.71. The van der Waals surface area contributed by atoms with Crippen molar-refractivity contribution in [3.05, 3.63) is 5.53 Å². The van der Waals surface area contributed by atoms with E-state index in [1.54, 1.807) is 0 Å². The number of esters is 1. The minimum Gasteiger partial charge on any atom is -0.711 e. The first kappa shape index (κ1) is 6.07. The predicted molar refractivity (Wildman–Crippen MR) is 22.7 cm³/mol. The van der Waals surface area contributed by atoms with E-state index in [2.05, 4.69) is 9.85 Å². The van der Waals surface area contributed by atoms with Crippen molar-refractivity contribution in [2.24, 2.45) is 5.11 Å². The van der Waals surface area contributed by atoms with Crippen molar-refractivity contribution in [1.29, 1.82) is 0 Å². The zero-order chi connectivity index (χ0) is 5.70. The van der Waals surface area contributed by atoms with E-state index in [1.807, 2.05) is 0 Å². The molecule has 7 heavy (non-hydrogen) atoms. The molecule has 0 amide bonds. The lowest BCUT2D eigenvalue weighted by Gasteiger charge is -1.92. The molecule has 0 heterocycles. The van der Waals surface area contributed by atoms with Crippen LogP contribution in [0.2, 0.25) is 0 Å². The number of nitrogens with zero attached hydrogens (tertiary/aromatic N) is 2. The van der Waals surface area contributed by atoms with Crippen molar-refractivity contribution in [1.82, 2.24) is 0 Å². The molecule has 0 aliphatic heterocycles. The summed E-state index contributed by atoms with van der Waals surface area (Å²) in [5.74, 6) is -0.539. The Hall–Kier alpha value is -0.930. The lowest BCUT2D eigenvalue weighted by molar-refractivity contribution is -0.138. The van der Waals surface area contributed by atoms with Crippen LogP contribution in [0.1, 0.15) is 0 Å². The summed E-state index contributed by atoms with van der Waals surface area (Å²) in [6.45, 7) is -0.281. The van der Waals surface area contributed by atoms with Crippen LogP contribution in [0.5, 0.6) is 0 Å². The molecule has 0 aliphatic carbocycles. The van der Waals surface area contributed by atoms with Gasteiger partial charge in [-0.05, 0) is 0 Å². The molecular formula is C3H5N2O2-. The quantitative estimate of drug-likeness (QED) is 0.368. The van der Waals surface area contributed by atoms with Crippen molar-refractivity contribution in [3.8, 4) is 0 Å². The van der Waals surface area contributed by atoms with Gasteiger partial charge < -0.3 is 15.4 Å². The van der Waals surface area contributed by atoms with Crippen LogP contribution in [0, 0.1) is 0 Å². The van der Waals surface area contributed by atoms with Crippen LogP contribution in [0.25, 0.3) is 5.53 Å². The molecule has 0 aromatic heterocycles. The number of rotatable bonds is 2. The number of ether oxygens (including phenoxy) is 1. The van der Waals surface area contributed by atoms with Crippen LogP contribution in [0.15, 0.2) is 5.11 Å².